The third-order valence-corrected chi connectivity index (χ3v) is 3.31. The van der Waals surface area contributed by atoms with Crippen molar-refractivity contribution in [3.8, 4) is 0 Å². The van der Waals surface area contributed by atoms with Crippen molar-refractivity contribution in [2.45, 2.75) is 25.2 Å². The summed E-state index contributed by atoms with van der Waals surface area (Å²) in [6.45, 7) is 3.86. The van der Waals surface area contributed by atoms with Crippen molar-refractivity contribution in [1.82, 2.24) is 0 Å². The summed E-state index contributed by atoms with van der Waals surface area (Å²) in [6.07, 6.45) is 0. The standard InChI is InChI=1S/C12H16O3S/c1-12(2,11(13)14)16-9-15-8-10-6-4-3-5-7-10/h3-7H,8-9H2,1-2H3,(H,13,14). The lowest BCUT2D eigenvalue weighted by Crippen LogP contribution is -2.27. The zero-order chi connectivity index (χ0) is 12.0. The molecule has 0 fully saturated rings. The van der Waals surface area contributed by atoms with Gasteiger partial charge in [-0.15, -0.1) is 11.8 Å². The fraction of sp³-hybridized carbons (Fsp3) is 0.417. The molecular weight excluding hydrogens is 224 g/mol. The van der Waals surface area contributed by atoms with Crippen molar-refractivity contribution >= 4 is 17.7 Å². The molecule has 0 aromatic heterocycles. The van der Waals surface area contributed by atoms with Crippen molar-refractivity contribution in [1.29, 1.82) is 0 Å². The lowest BCUT2D eigenvalue weighted by atomic mass is 10.2. The van der Waals surface area contributed by atoms with Gasteiger partial charge in [-0.2, -0.15) is 0 Å². The van der Waals surface area contributed by atoms with E-state index in [2.05, 4.69) is 0 Å². The molecule has 0 aliphatic carbocycles. The molecule has 0 radical (unpaired) electrons. The monoisotopic (exact) mass is 240 g/mol. The van der Waals surface area contributed by atoms with Gasteiger partial charge in [0.2, 0.25) is 0 Å². The molecular formula is C12H16O3S. The summed E-state index contributed by atoms with van der Waals surface area (Å²) in [5.41, 5.74) is 1.09. The normalized spacial score (nSPS) is 11.4. The van der Waals surface area contributed by atoms with Crippen LogP contribution < -0.4 is 0 Å². The van der Waals surface area contributed by atoms with Gasteiger partial charge in [0.1, 0.15) is 4.75 Å². The first-order chi connectivity index (χ1) is 7.52. The predicted octanol–water partition coefficient (Wildman–Crippen LogP) is 2.76. The Morgan fingerprint density at radius 2 is 2.00 bits per heavy atom. The van der Waals surface area contributed by atoms with Crippen molar-refractivity contribution in [2.24, 2.45) is 0 Å². The second kappa shape index (κ2) is 5.92. The van der Waals surface area contributed by atoms with E-state index in [1.807, 2.05) is 30.3 Å². The van der Waals surface area contributed by atoms with E-state index in [0.717, 1.165) is 5.56 Å². The number of rotatable bonds is 6. The van der Waals surface area contributed by atoms with Gasteiger partial charge in [-0.25, -0.2) is 0 Å². The van der Waals surface area contributed by atoms with E-state index in [0.29, 0.717) is 12.5 Å². The third kappa shape index (κ3) is 4.24. The van der Waals surface area contributed by atoms with E-state index in [1.165, 1.54) is 11.8 Å². The first-order valence-electron chi connectivity index (χ1n) is 5.01. The van der Waals surface area contributed by atoms with E-state index >= 15 is 0 Å². The molecule has 88 valence electrons. The molecule has 3 nitrogen and oxygen atoms in total. The predicted molar refractivity (Wildman–Crippen MR) is 65.4 cm³/mol. The van der Waals surface area contributed by atoms with Crippen LogP contribution in [0.5, 0.6) is 0 Å². The lowest BCUT2D eigenvalue weighted by Gasteiger charge is -2.18. The van der Waals surface area contributed by atoms with Gasteiger partial charge in [0.15, 0.2) is 0 Å². The number of thioether (sulfide) groups is 1. The zero-order valence-corrected chi connectivity index (χ0v) is 10.3. The SMILES string of the molecule is CC(C)(SCOCc1ccccc1)C(=O)O. The molecule has 0 saturated carbocycles. The van der Waals surface area contributed by atoms with Crippen LogP contribution in [-0.4, -0.2) is 21.8 Å². The van der Waals surface area contributed by atoms with Gasteiger partial charge in [0, 0.05) is 0 Å². The molecule has 0 unspecified atom stereocenters. The number of benzene rings is 1. The molecule has 0 saturated heterocycles. The molecule has 0 amide bonds. The topological polar surface area (TPSA) is 46.5 Å². The average Bonchev–Trinajstić information content (AvgIpc) is 2.26. The fourth-order valence-corrected chi connectivity index (χ4v) is 1.57. The van der Waals surface area contributed by atoms with Crippen LogP contribution in [0.4, 0.5) is 0 Å². The number of carboxylic acid groups (broad SMARTS) is 1. The fourth-order valence-electron chi connectivity index (χ4n) is 0.984. The first-order valence-corrected chi connectivity index (χ1v) is 6.00. The van der Waals surface area contributed by atoms with Crippen LogP contribution in [-0.2, 0) is 16.1 Å². The molecule has 1 aromatic rings. The second-order valence-electron chi connectivity index (χ2n) is 3.91. The van der Waals surface area contributed by atoms with Gasteiger partial charge in [-0.05, 0) is 19.4 Å². The zero-order valence-electron chi connectivity index (χ0n) is 9.47. The van der Waals surface area contributed by atoms with Gasteiger partial charge in [0.25, 0.3) is 0 Å². The van der Waals surface area contributed by atoms with Crippen LogP contribution in [0.3, 0.4) is 0 Å². The van der Waals surface area contributed by atoms with Gasteiger partial charge < -0.3 is 9.84 Å². The van der Waals surface area contributed by atoms with Gasteiger partial charge in [-0.1, -0.05) is 30.3 Å². The van der Waals surface area contributed by atoms with Gasteiger partial charge >= 0.3 is 5.97 Å². The highest BCUT2D eigenvalue weighted by Gasteiger charge is 2.27. The van der Waals surface area contributed by atoms with Crippen molar-refractivity contribution in [2.75, 3.05) is 5.94 Å². The minimum atomic E-state index is -0.819. The number of hydrogen-bond donors (Lipinski definition) is 1. The third-order valence-electron chi connectivity index (χ3n) is 2.13. The molecule has 16 heavy (non-hydrogen) atoms. The van der Waals surface area contributed by atoms with E-state index in [9.17, 15) is 4.79 Å². The minimum absolute atomic E-state index is 0.383. The van der Waals surface area contributed by atoms with E-state index in [1.54, 1.807) is 13.8 Å². The second-order valence-corrected chi connectivity index (χ2v) is 5.46. The molecule has 1 N–H and O–H groups in total. The molecule has 0 spiro atoms. The van der Waals surface area contributed by atoms with Gasteiger partial charge in [-0.3, -0.25) is 4.79 Å². The van der Waals surface area contributed by atoms with Crippen LogP contribution in [0.2, 0.25) is 0 Å². The highest BCUT2D eigenvalue weighted by molar-refractivity contribution is 8.01. The maximum Gasteiger partial charge on any atom is 0.319 e. The molecule has 0 aliphatic rings. The van der Waals surface area contributed by atoms with Crippen molar-refractivity contribution < 1.29 is 14.6 Å². The summed E-state index contributed by atoms with van der Waals surface area (Å²) < 4.78 is 4.61. The summed E-state index contributed by atoms with van der Waals surface area (Å²) in [6, 6.07) is 9.81. The number of carboxylic acids is 1. The highest BCUT2D eigenvalue weighted by Crippen LogP contribution is 2.24. The Morgan fingerprint density at radius 1 is 1.38 bits per heavy atom. The number of carbonyl (C=O) groups is 1. The van der Waals surface area contributed by atoms with Crippen molar-refractivity contribution in [3.63, 3.8) is 0 Å². The maximum absolute atomic E-state index is 10.8. The molecule has 1 rings (SSSR count). The number of hydrogen-bond acceptors (Lipinski definition) is 3. The Morgan fingerprint density at radius 3 is 2.56 bits per heavy atom. The summed E-state index contributed by atoms with van der Waals surface area (Å²) in [5, 5.41) is 8.88. The first kappa shape index (κ1) is 13.1. The molecule has 0 bridgehead atoms. The van der Waals surface area contributed by atoms with E-state index in [4.69, 9.17) is 9.84 Å². The average molecular weight is 240 g/mol. The van der Waals surface area contributed by atoms with Crippen molar-refractivity contribution in [3.05, 3.63) is 35.9 Å². The summed E-state index contributed by atoms with van der Waals surface area (Å²) in [4.78, 5) is 10.8. The number of ether oxygens (including phenoxy) is 1. The molecule has 0 aliphatic heterocycles. The van der Waals surface area contributed by atoms with Gasteiger partial charge in [0.05, 0.1) is 12.5 Å². The van der Waals surface area contributed by atoms with Crippen LogP contribution in [0.25, 0.3) is 0 Å². The molecule has 1 aromatic carbocycles. The van der Waals surface area contributed by atoms with Crippen LogP contribution in [0.1, 0.15) is 19.4 Å². The van der Waals surface area contributed by atoms with E-state index in [-0.39, 0.29) is 0 Å². The Kier molecular flexibility index (Phi) is 4.83. The summed E-state index contributed by atoms with van der Waals surface area (Å²) in [5.74, 6) is -0.436. The highest BCUT2D eigenvalue weighted by atomic mass is 32.2. The number of aliphatic carboxylic acids is 1. The van der Waals surface area contributed by atoms with Crippen LogP contribution >= 0.6 is 11.8 Å². The molecule has 0 atom stereocenters. The smallest absolute Gasteiger partial charge is 0.319 e. The van der Waals surface area contributed by atoms with Crippen LogP contribution in [0, 0.1) is 0 Å². The summed E-state index contributed by atoms with van der Waals surface area (Å²) in [7, 11) is 0. The molecule has 0 heterocycles. The summed E-state index contributed by atoms with van der Waals surface area (Å²) >= 11 is 1.28. The van der Waals surface area contributed by atoms with Crippen LogP contribution in [0.15, 0.2) is 30.3 Å². The maximum atomic E-state index is 10.8. The Bertz CT molecular complexity index is 335. The Balaban J connectivity index is 2.25. The quantitative estimate of drug-likeness (QED) is 0.613. The minimum Gasteiger partial charge on any atom is -0.480 e. The molecule has 4 heteroatoms. The largest absolute Gasteiger partial charge is 0.480 e. The van der Waals surface area contributed by atoms with E-state index < -0.39 is 10.7 Å². The lowest BCUT2D eigenvalue weighted by molar-refractivity contribution is -0.138. The Hall–Kier alpha value is -1.00. The Labute approximate surface area is 99.8 Å².